The minimum absolute atomic E-state index is 0.0757. The van der Waals surface area contributed by atoms with E-state index in [4.69, 9.17) is 10.5 Å². The van der Waals surface area contributed by atoms with Crippen molar-refractivity contribution in [2.24, 2.45) is 11.7 Å². The predicted octanol–water partition coefficient (Wildman–Crippen LogP) is 0.162. The Hall–Kier alpha value is -0.960. The van der Waals surface area contributed by atoms with E-state index in [1.807, 2.05) is 13.8 Å². The zero-order chi connectivity index (χ0) is 14.5. The molecule has 19 heavy (non-hydrogen) atoms. The number of ether oxygens (including phenoxy) is 1. The zero-order valence-electron chi connectivity index (χ0n) is 11.6. The molecular weight excluding hydrogens is 268 g/mol. The standard InChI is InChI=1S/C11H22N4O3S/c1-9(2)8-15(4-5-18-3)19(16,17)11-10(6-12)7-13-14-11/h7,9H,4-6,8,12H2,1-3H3,(H,13,14). The number of methoxy groups -OCH3 is 1. The summed E-state index contributed by atoms with van der Waals surface area (Å²) in [5, 5.41) is 6.36. The molecule has 1 heterocycles. The summed E-state index contributed by atoms with van der Waals surface area (Å²) >= 11 is 0. The second-order valence-corrected chi connectivity index (χ2v) is 6.55. The molecule has 1 aromatic rings. The van der Waals surface area contributed by atoms with E-state index in [1.165, 1.54) is 10.5 Å². The van der Waals surface area contributed by atoms with Crippen LogP contribution in [0.5, 0.6) is 0 Å². The molecule has 0 aliphatic heterocycles. The highest BCUT2D eigenvalue weighted by Crippen LogP contribution is 2.18. The Morgan fingerprint density at radius 3 is 2.74 bits per heavy atom. The van der Waals surface area contributed by atoms with E-state index in [0.29, 0.717) is 25.3 Å². The quantitative estimate of drug-likeness (QED) is 0.710. The van der Waals surface area contributed by atoms with E-state index in [2.05, 4.69) is 10.2 Å². The van der Waals surface area contributed by atoms with Crippen molar-refractivity contribution in [3.05, 3.63) is 11.8 Å². The minimum Gasteiger partial charge on any atom is -0.383 e. The van der Waals surface area contributed by atoms with Gasteiger partial charge >= 0.3 is 0 Å². The third kappa shape index (κ3) is 4.00. The monoisotopic (exact) mass is 290 g/mol. The fraction of sp³-hybridized carbons (Fsp3) is 0.727. The molecule has 1 aromatic heterocycles. The van der Waals surface area contributed by atoms with Crippen LogP contribution in [0.25, 0.3) is 0 Å². The van der Waals surface area contributed by atoms with E-state index in [1.54, 1.807) is 7.11 Å². The summed E-state index contributed by atoms with van der Waals surface area (Å²) in [6.45, 7) is 5.13. The van der Waals surface area contributed by atoms with Crippen molar-refractivity contribution >= 4 is 10.0 Å². The van der Waals surface area contributed by atoms with Crippen LogP contribution < -0.4 is 5.73 Å². The SMILES string of the molecule is COCCN(CC(C)C)S(=O)(=O)c1[nH]ncc1CN. The molecule has 0 aliphatic rings. The third-order valence-electron chi connectivity index (χ3n) is 2.61. The molecule has 0 saturated carbocycles. The number of hydrogen-bond acceptors (Lipinski definition) is 5. The maximum absolute atomic E-state index is 12.6. The maximum Gasteiger partial charge on any atom is 0.260 e. The van der Waals surface area contributed by atoms with Crippen LogP contribution in [0.3, 0.4) is 0 Å². The van der Waals surface area contributed by atoms with Crippen molar-refractivity contribution in [1.82, 2.24) is 14.5 Å². The predicted molar refractivity (Wildman–Crippen MR) is 72.0 cm³/mol. The maximum atomic E-state index is 12.6. The van der Waals surface area contributed by atoms with E-state index in [-0.39, 0.29) is 17.5 Å². The van der Waals surface area contributed by atoms with Crippen LogP contribution in [0.2, 0.25) is 0 Å². The summed E-state index contributed by atoms with van der Waals surface area (Å²) in [7, 11) is -2.07. The number of nitrogens with zero attached hydrogens (tertiary/aromatic N) is 2. The van der Waals surface area contributed by atoms with Crippen LogP contribution in [0.1, 0.15) is 19.4 Å². The molecule has 0 bridgehead atoms. The fourth-order valence-corrected chi connectivity index (χ4v) is 3.41. The van der Waals surface area contributed by atoms with Crippen LogP contribution in [-0.2, 0) is 21.3 Å². The third-order valence-corrected chi connectivity index (χ3v) is 4.49. The molecule has 0 atom stereocenters. The van der Waals surface area contributed by atoms with Crippen molar-refractivity contribution in [2.75, 3.05) is 26.8 Å². The number of H-pyrrole nitrogens is 1. The topological polar surface area (TPSA) is 101 Å². The molecule has 0 aliphatic carbocycles. The minimum atomic E-state index is -3.61. The molecule has 0 aromatic carbocycles. The summed E-state index contributed by atoms with van der Waals surface area (Å²) in [5.41, 5.74) is 6.02. The Labute approximate surface area is 114 Å². The first-order valence-corrected chi connectivity index (χ1v) is 7.58. The van der Waals surface area contributed by atoms with Gasteiger partial charge in [-0.05, 0) is 5.92 Å². The lowest BCUT2D eigenvalue weighted by Gasteiger charge is -2.23. The molecule has 0 radical (unpaired) electrons. The number of hydrogen-bond donors (Lipinski definition) is 2. The van der Waals surface area contributed by atoms with E-state index in [9.17, 15) is 8.42 Å². The molecule has 0 spiro atoms. The highest BCUT2D eigenvalue weighted by molar-refractivity contribution is 7.89. The molecular formula is C11H22N4O3S. The van der Waals surface area contributed by atoms with Crippen molar-refractivity contribution in [2.45, 2.75) is 25.4 Å². The Balaban J connectivity index is 3.04. The Morgan fingerprint density at radius 2 is 2.21 bits per heavy atom. The van der Waals surface area contributed by atoms with Crippen molar-refractivity contribution in [1.29, 1.82) is 0 Å². The fourth-order valence-electron chi connectivity index (χ4n) is 1.71. The van der Waals surface area contributed by atoms with Crippen LogP contribution in [0.4, 0.5) is 0 Å². The molecule has 110 valence electrons. The molecule has 8 heteroatoms. The Bertz CT molecular complexity index is 484. The van der Waals surface area contributed by atoms with Gasteiger partial charge in [0.25, 0.3) is 10.0 Å². The van der Waals surface area contributed by atoms with Crippen LogP contribution in [0, 0.1) is 5.92 Å². The van der Waals surface area contributed by atoms with Gasteiger partial charge in [-0.3, -0.25) is 5.10 Å². The average Bonchev–Trinajstić information content (AvgIpc) is 2.82. The first-order chi connectivity index (χ1) is 8.93. The molecule has 1 rings (SSSR count). The first-order valence-electron chi connectivity index (χ1n) is 6.14. The number of aromatic nitrogens is 2. The van der Waals surface area contributed by atoms with Gasteiger partial charge in [0.05, 0.1) is 12.8 Å². The molecule has 0 amide bonds. The number of rotatable bonds is 8. The number of nitrogens with two attached hydrogens (primary N) is 1. The molecule has 0 saturated heterocycles. The lowest BCUT2D eigenvalue weighted by atomic mass is 10.2. The molecule has 0 fully saturated rings. The van der Waals surface area contributed by atoms with E-state index >= 15 is 0 Å². The molecule has 0 unspecified atom stereocenters. The van der Waals surface area contributed by atoms with Gasteiger partial charge in [-0.15, -0.1) is 0 Å². The highest BCUT2D eigenvalue weighted by atomic mass is 32.2. The van der Waals surface area contributed by atoms with E-state index in [0.717, 1.165) is 0 Å². The van der Waals surface area contributed by atoms with Gasteiger partial charge in [0.15, 0.2) is 5.03 Å². The number of aromatic amines is 1. The van der Waals surface area contributed by atoms with Crippen molar-refractivity contribution in [3.63, 3.8) is 0 Å². The summed E-state index contributed by atoms with van der Waals surface area (Å²) in [6, 6.07) is 0. The smallest absolute Gasteiger partial charge is 0.260 e. The second kappa shape index (κ2) is 6.99. The van der Waals surface area contributed by atoms with Gasteiger partial charge in [0.1, 0.15) is 0 Å². The second-order valence-electron chi connectivity index (χ2n) is 4.68. The number of sulfonamides is 1. The molecule has 3 N–H and O–H groups in total. The lowest BCUT2D eigenvalue weighted by molar-refractivity contribution is 0.175. The number of nitrogens with one attached hydrogen (secondary N) is 1. The van der Waals surface area contributed by atoms with Gasteiger partial charge < -0.3 is 10.5 Å². The zero-order valence-corrected chi connectivity index (χ0v) is 12.4. The Kier molecular flexibility index (Phi) is 5.92. The Morgan fingerprint density at radius 1 is 1.53 bits per heavy atom. The highest BCUT2D eigenvalue weighted by Gasteiger charge is 2.28. The summed E-state index contributed by atoms with van der Waals surface area (Å²) in [4.78, 5) is 0. The average molecular weight is 290 g/mol. The van der Waals surface area contributed by atoms with Gasteiger partial charge in [0.2, 0.25) is 0 Å². The summed E-state index contributed by atoms with van der Waals surface area (Å²) in [5.74, 6) is 0.218. The van der Waals surface area contributed by atoms with Crippen molar-refractivity contribution < 1.29 is 13.2 Å². The molecule has 7 nitrogen and oxygen atoms in total. The van der Waals surface area contributed by atoms with Gasteiger partial charge in [-0.25, -0.2) is 8.42 Å². The van der Waals surface area contributed by atoms with Gasteiger partial charge in [0, 0.05) is 32.3 Å². The van der Waals surface area contributed by atoms with Gasteiger partial charge in [-0.2, -0.15) is 9.40 Å². The summed E-state index contributed by atoms with van der Waals surface area (Å²) in [6.07, 6.45) is 1.44. The van der Waals surface area contributed by atoms with Gasteiger partial charge in [-0.1, -0.05) is 13.8 Å². The lowest BCUT2D eigenvalue weighted by Crippen LogP contribution is -2.37. The van der Waals surface area contributed by atoms with Crippen LogP contribution >= 0.6 is 0 Å². The largest absolute Gasteiger partial charge is 0.383 e. The van der Waals surface area contributed by atoms with Crippen molar-refractivity contribution in [3.8, 4) is 0 Å². The first kappa shape index (κ1) is 16.1. The normalized spacial score (nSPS) is 12.5. The summed E-state index contributed by atoms with van der Waals surface area (Å²) < 4.78 is 31.5. The van der Waals surface area contributed by atoms with Crippen LogP contribution in [0.15, 0.2) is 11.2 Å². The van der Waals surface area contributed by atoms with E-state index < -0.39 is 10.0 Å². The van der Waals surface area contributed by atoms with Crippen LogP contribution in [-0.4, -0.2) is 49.7 Å².